The molecule has 1 fully saturated rings. The summed E-state index contributed by atoms with van der Waals surface area (Å²) in [6.07, 6.45) is 8.19. The van der Waals surface area contributed by atoms with E-state index in [0.717, 1.165) is 49.3 Å². The van der Waals surface area contributed by atoms with Gasteiger partial charge in [0.1, 0.15) is 17.3 Å². The van der Waals surface area contributed by atoms with Crippen LogP contribution < -0.4 is 10.6 Å². The number of non-ortho nitro benzene ring substituents is 1. The van der Waals surface area contributed by atoms with E-state index in [1.165, 1.54) is 34.9 Å². The molecule has 0 unspecified atom stereocenters. The van der Waals surface area contributed by atoms with E-state index in [4.69, 9.17) is 4.74 Å². The number of pyridine rings is 1. The van der Waals surface area contributed by atoms with Crippen LogP contribution in [0.15, 0.2) is 60.1 Å². The molecule has 2 amide bonds. The molecule has 0 aliphatic heterocycles. The van der Waals surface area contributed by atoms with Gasteiger partial charge in [-0.3, -0.25) is 29.6 Å². The quantitative estimate of drug-likeness (QED) is 0.115. The summed E-state index contributed by atoms with van der Waals surface area (Å²) in [6, 6.07) is 6.83. The Kier molecular flexibility index (Phi) is 12.5. The largest absolute Gasteiger partial charge is 0.444 e. The zero-order chi connectivity index (χ0) is 34.8. The fraction of sp³-hybridized carbons (Fsp3) is 0.500. The number of aromatic nitrogens is 3. The number of nitro groups is 2. The number of rotatable bonds is 14. The van der Waals surface area contributed by atoms with Crippen LogP contribution >= 0.6 is 11.8 Å². The molecule has 1 saturated carbocycles. The van der Waals surface area contributed by atoms with E-state index in [1.807, 2.05) is 12.1 Å². The number of nitrogens with one attached hydrogen (secondary N) is 2. The van der Waals surface area contributed by atoms with Gasteiger partial charge in [0.25, 0.3) is 11.4 Å². The van der Waals surface area contributed by atoms with Crippen molar-refractivity contribution in [3.63, 3.8) is 0 Å². The Bertz CT molecular complexity index is 1570. The van der Waals surface area contributed by atoms with Crippen molar-refractivity contribution in [3.05, 3.63) is 81.0 Å². The lowest BCUT2D eigenvalue weighted by Gasteiger charge is -2.31. The minimum absolute atomic E-state index is 0.00771. The monoisotopic (exact) mass is 683 g/mol. The summed E-state index contributed by atoms with van der Waals surface area (Å²) in [7, 11) is 0. The molecule has 3 N–H and O–H groups in total. The summed E-state index contributed by atoms with van der Waals surface area (Å²) in [5, 5.41) is 40.9. The third-order valence-corrected chi connectivity index (χ3v) is 8.95. The highest BCUT2D eigenvalue weighted by Crippen LogP contribution is 2.30. The van der Waals surface area contributed by atoms with Gasteiger partial charge in [-0.1, -0.05) is 38.2 Å². The summed E-state index contributed by atoms with van der Waals surface area (Å²) in [4.78, 5) is 57.1. The topological polar surface area (TPSA) is 205 Å². The van der Waals surface area contributed by atoms with Crippen molar-refractivity contribution in [1.82, 2.24) is 25.2 Å². The summed E-state index contributed by atoms with van der Waals surface area (Å²) in [6.45, 7) is 5.04. The highest BCUT2D eigenvalue weighted by Gasteiger charge is 2.32. The normalized spacial score (nSPS) is 15.6. The molecule has 258 valence electrons. The highest BCUT2D eigenvalue weighted by molar-refractivity contribution is 7.99. The average molecular weight is 684 g/mol. The van der Waals surface area contributed by atoms with E-state index in [1.54, 1.807) is 33.0 Å². The fourth-order valence-corrected chi connectivity index (χ4v) is 6.51. The molecule has 48 heavy (non-hydrogen) atoms. The van der Waals surface area contributed by atoms with Crippen molar-refractivity contribution in [2.75, 3.05) is 5.75 Å². The van der Waals surface area contributed by atoms with E-state index in [0.29, 0.717) is 18.0 Å². The van der Waals surface area contributed by atoms with Crippen LogP contribution in [-0.4, -0.2) is 71.0 Å². The van der Waals surface area contributed by atoms with Crippen LogP contribution in [0.25, 0.3) is 5.69 Å². The van der Waals surface area contributed by atoms with E-state index < -0.39 is 57.0 Å². The molecular weight excluding hydrogens is 642 g/mol. The minimum Gasteiger partial charge on any atom is -0.444 e. The predicted molar refractivity (Wildman–Crippen MR) is 178 cm³/mol. The molecule has 4 rings (SSSR count). The van der Waals surface area contributed by atoms with Crippen molar-refractivity contribution in [1.29, 1.82) is 0 Å². The Morgan fingerprint density at radius 3 is 2.50 bits per heavy atom. The van der Waals surface area contributed by atoms with Gasteiger partial charge in [0.2, 0.25) is 5.91 Å². The first-order valence-electron chi connectivity index (χ1n) is 15.8. The zero-order valence-corrected chi connectivity index (χ0v) is 27.9. The Labute approximate surface area is 282 Å². The van der Waals surface area contributed by atoms with E-state index >= 15 is 0 Å². The first kappa shape index (κ1) is 36.3. The van der Waals surface area contributed by atoms with Crippen LogP contribution in [0.2, 0.25) is 0 Å². The summed E-state index contributed by atoms with van der Waals surface area (Å²) >= 11 is 1.37. The highest BCUT2D eigenvalue weighted by atomic mass is 32.2. The fourth-order valence-electron chi connectivity index (χ4n) is 5.63. The lowest BCUT2D eigenvalue weighted by molar-refractivity contribution is -0.394. The van der Waals surface area contributed by atoms with E-state index in [9.17, 15) is 34.9 Å². The van der Waals surface area contributed by atoms with Gasteiger partial charge in [-0.25, -0.2) is 14.8 Å². The third kappa shape index (κ3) is 10.5. The first-order chi connectivity index (χ1) is 22.8. The van der Waals surface area contributed by atoms with Crippen LogP contribution in [0.1, 0.15) is 65.0 Å². The molecule has 16 heteroatoms. The molecule has 15 nitrogen and oxygen atoms in total. The van der Waals surface area contributed by atoms with E-state index in [2.05, 4.69) is 20.6 Å². The summed E-state index contributed by atoms with van der Waals surface area (Å²) in [5.41, 5.74) is -1.57. The molecule has 1 aliphatic rings. The Balaban J connectivity index is 1.61. The number of ether oxygens (including phenoxy) is 1. The van der Waals surface area contributed by atoms with Crippen molar-refractivity contribution >= 4 is 35.1 Å². The van der Waals surface area contributed by atoms with Crippen LogP contribution in [-0.2, 0) is 16.0 Å². The number of hydrogen-bond donors (Lipinski definition) is 3. The maximum absolute atomic E-state index is 14.0. The molecule has 0 spiro atoms. The van der Waals surface area contributed by atoms with Gasteiger partial charge in [0.05, 0.1) is 39.4 Å². The predicted octanol–water partition coefficient (Wildman–Crippen LogP) is 5.13. The molecule has 0 radical (unpaired) electrons. The molecule has 3 atom stereocenters. The van der Waals surface area contributed by atoms with Crippen LogP contribution in [0.5, 0.6) is 0 Å². The Morgan fingerprint density at radius 2 is 1.85 bits per heavy atom. The van der Waals surface area contributed by atoms with Crippen molar-refractivity contribution < 1.29 is 29.3 Å². The first-order valence-corrected chi connectivity index (χ1v) is 16.8. The molecule has 1 aromatic carbocycles. The van der Waals surface area contributed by atoms with Gasteiger partial charge in [-0.2, -0.15) is 0 Å². The Morgan fingerprint density at radius 1 is 1.10 bits per heavy atom. The molecule has 2 aromatic heterocycles. The number of carbonyl (C=O) groups excluding carboxylic acids is 2. The number of hydrogen-bond acceptors (Lipinski definition) is 11. The maximum Gasteiger partial charge on any atom is 0.408 e. The van der Waals surface area contributed by atoms with Crippen LogP contribution in [0.4, 0.5) is 16.2 Å². The van der Waals surface area contributed by atoms with Crippen LogP contribution in [0.3, 0.4) is 0 Å². The Hall–Kier alpha value is -4.57. The summed E-state index contributed by atoms with van der Waals surface area (Å²) < 4.78 is 6.78. The average Bonchev–Trinajstić information content (AvgIpc) is 3.50. The number of thioether (sulfide) groups is 1. The number of alkyl carbamates (subject to hydrolysis) is 1. The number of benzene rings is 1. The molecule has 1 aliphatic carbocycles. The number of imidazole rings is 1. The van der Waals surface area contributed by atoms with Crippen molar-refractivity contribution in [3.8, 4) is 5.69 Å². The number of aliphatic hydroxyl groups excluding tert-OH is 1. The number of amides is 2. The van der Waals surface area contributed by atoms with Gasteiger partial charge < -0.3 is 20.5 Å². The minimum atomic E-state index is -1.24. The molecule has 2 heterocycles. The molecule has 0 bridgehead atoms. The smallest absolute Gasteiger partial charge is 0.408 e. The van der Waals surface area contributed by atoms with Gasteiger partial charge in [0, 0.05) is 36.3 Å². The maximum atomic E-state index is 14.0. The summed E-state index contributed by atoms with van der Waals surface area (Å²) in [5.74, 6) is -0.00969. The van der Waals surface area contributed by atoms with Gasteiger partial charge in [0.15, 0.2) is 0 Å². The van der Waals surface area contributed by atoms with Gasteiger partial charge in [-0.05, 0) is 51.3 Å². The molecular formula is C32H41N7O8S. The second-order valence-corrected chi connectivity index (χ2v) is 13.8. The molecule has 3 aromatic rings. The SMILES string of the molecule is CC(C)(C)OC(=O)N[C@@H](Cc1cncn1-c1ccc([N+](=O)[O-])cc1[N+](=O)[O-])C(=O)N[C@@H](CC1CCCCC1)[C@@H](O)CSc1ccccn1. The second kappa shape index (κ2) is 16.5. The van der Waals surface area contributed by atoms with Crippen LogP contribution in [0, 0.1) is 26.1 Å². The second-order valence-electron chi connectivity index (χ2n) is 12.7. The number of nitro benzene ring substituents is 2. The lowest BCUT2D eigenvalue weighted by atomic mass is 9.84. The number of aliphatic hydroxyl groups is 1. The lowest BCUT2D eigenvalue weighted by Crippen LogP contribution is -2.54. The van der Waals surface area contributed by atoms with Gasteiger partial charge >= 0.3 is 6.09 Å². The standard InChI is InChI=1S/C32H41N7O8S/c1-32(2,3)47-31(42)36-25(16-23-18-33-20-37(23)26-13-12-22(38(43)44)17-27(26)39(45)46)30(41)35-24(15-21-9-5-4-6-10-21)28(40)19-48-29-11-7-8-14-34-29/h7-8,11-14,17-18,20-21,24-25,28,40H,4-6,9-10,15-16,19H2,1-3H3,(H,35,41)(H,36,42)/t24-,25-,28-/m0/s1. The third-order valence-electron chi connectivity index (χ3n) is 7.91. The van der Waals surface area contributed by atoms with Crippen molar-refractivity contribution in [2.45, 2.75) is 94.5 Å². The van der Waals surface area contributed by atoms with E-state index in [-0.39, 0.29) is 17.9 Å². The number of nitrogens with zero attached hydrogens (tertiary/aromatic N) is 5. The van der Waals surface area contributed by atoms with Crippen molar-refractivity contribution in [2.24, 2.45) is 5.92 Å². The molecule has 0 saturated heterocycles. The number of carbonyl (C=O) groups is 2. The van der Waals surface area contributed by atoms with Gasteiger partial charge in [-0.15, -0.1) is 11.8 Å². The zero-order valence-electron chi connectivity index (χ0n) is 27.1.